The summed E-state index contributed by atoms with van der Waals surface area (Å²) in [6.07, 6.45) is 0. The molecule has 3 aromatic carbocycles. The maximum absolute atomic E-state index is 9.31. The number of nitriles is 1. The minimum Gasteiger partial charge on any atom is -0.378 e. The third-order valence-corrected chi connectivity index (χ3v) is 4.56. The summed E-state index contributed by atoms with van der Waals surface area (Å²) in [5.74, 6) is 0. The summed E-state index contributed by atoms with van der Waals surface area (Å²) >= 11 is 0. The molecule has 24 heavy (non-hydrogen) atoms. The van der Waals surface area contributed by atoms with Crippen LogP contribution in [0, 0.1) is 11.3 Å². The fourth-order valence-electron chi connectivity index (χ4n) is 3.25. The van der Waals surface area contributed by atoms with Gasteiger partial charge < -0.3 is 9.64 Å². The Morgan fingerprint density at radius 2 is 1.62 bits per heavy atom. The topological polar surface area (TPSA) is 36.3 Å². The van der Waals surface area contributed by atoms with E-state index in [-0.39, 0.29) is 0 Å². The number of ether oxygens (including phenoxy) is 1. The van der Waals surface area contributed by atoms with Gasteiger partial charge >= 0.3 is 0 Å². The molecule has 0 spiro atoms. The molecule has 4 rings (SSSR count). The van der Waals surface area contributed by atoms with Crippen LogP contribution < -0.4 is 4.90 Å². The molecule has 0 aliphatic carbocycles. The van der Waals surface area contributed by atoms with Gasteiger partial charge in [0.05, 0.1) is 24.8 Å². The molecule has 3 heteroatoms. The molecule has 0 aromatic heterocycles. The van der Waals surface area contributed by atoms with Crippen LogP contribution in [0.2, 0.25) is 0 Å². The van der Waals surface area contributed by atoms with Gasteiger partial charge in [0.2, 0.25) is 0 Å². The smallest absolute Gasteiger partial charge is 0.0998 e. The SMILES string of the molecule is N#Cc1ccccc1-c1ccc2cc(N3CCOCC3)ccc2c1. The van der Waals surface area contributed by atoms with Gasteiger partial charge in [-0.25, -0.2) is 0 Å². The van der Waals surface area contributed by atoms with Crippen molar-refractivity contribution in [1.82, 2.24) is 0 Å². The molecule has 0 saturated carbocycles. The minimum absolute atomic E-state index is 0.710. The van der Waals surface area contributed by atoms with Crippen LogP contribution in [0.15, 0.2) is 60.7 Å². The van der Waals surface area contributed by atoms with Crippen molar-refractivity contribution in [3.05, 3.63) is 66.2 Å². The average molecular weight is 314 g/mol. The highest BCUT2D eigenvalue weighted by Crippen LogP contribution is 2.29. The van der Waals surface area contributed by atoms with Crippen LogP contribution >= 0.6 is 0 Å². The fraction of sp³-hybridized carbons (Fsp3) is 0.190. The van der Waals surface area contributed by atoms with E-state index in [0.29, 0.717) is 5.56 Å². The van der Waals surface area contributed by atoms with Gasteiger partial charge in [0.1, 0.15) is 0 Å². The summed E-state index contributed by atoms with van der Waals surface area (Å²) in [5.41, 5.74) is 4.02. The Labute approximate surface area is 141 Å². The van der Waals surface area contributed by atoms with E-state index in [2.05, 4.69) is 47.4 Å². The normalized spacial score (nSPS) is 14.5. The summed E-state index contributed by atoms with van der Waals surface area (Å²) in [4.78, 5) is 2.36. The van der Waals surface area contributed by atoms with Gasteiger partial charge in [0.25, 0.3) is 0 Å². The van der Waals surface area contributed by atoms with Crippen LogP contribution in [0.25, 0.3) is 21.9 Å². The van der Waals surface area contributed by atoms with Crippen molar-refractivity contribution in [2.75, 3.05) is 31.2 Å². The van der Waals surface area contributed by atoms with Crippen molar-refractivity contribution >= 4 is 16.5 Å². The predicted molar refractivity (Wildman–Crippen MR) is 97.1 cm³/mol. The molecule has 1 saturated heterocycles. The molecule has 0 bridgehead atoms. The summed E-state index contributed by atoms with van der Waals surface area (Å²) in [5, 5.41) is 11.7. The van der Waals surface area contributed by atoms with Gasteiger partial charge in [-0.2, -0.15) is 5.26 Å². The number of hydrogen-bond acceptors (Lipinski definition) is 3. The molecule has 1 aliphatic heterocycles. The van der Waals surface area contributed by atoms with Crippen molar-refractivity contribution < 1.29 is 4.74 Å². The molecule has 3 aromatic rings. The number of fused-ring (bicyclic) bond motifs is 1. The van der Waals surface area contributed by atoms with Gasteiger partial charge in [-0.3, -0.25) is 0 Å². The lowest BCUT2D eigenvalue weighted by molar-refractivity contribution is 0.122. The minimum atomic E-state index is 0.710. The quantitative estimate of drug-likeness (QED) is 0.711. The molecule has 0 unspecified atom stereocenters. The molecule has 1 heterocycles. The lowest BCUT2D eigenvalue weighted by Gasteiger charge is -2.29. The first-order chi connectivity index (χ1) is 11.8. The fourth-order valence-corrected chi connectivity index (χ4v) is 3.25. The highest BCUT2D eigenvalue weighted by molar-refractivity contribution is 5.90. The van der Waals surface area contributed by atoms with E-state index in [1.807, 2.05) is 24.3 Å². The number of nitrogens with zero attached hydrogens (tertiary/aromatic N) is 2. The molecular formula is C21H18N2O. The van der Waals surface area contributed by atoms with E-state index in [1.165, 1.54) is 16.5 Å². The van der Waals surface area contributed by atoms with E-state index in [0.717, 1.165) is 37.4 Å². The van der Waals surface area contributed by atoms with E-state index in [9.17, 15) is 5.26 Å². The molecule has 3 nitrogen and oxygen atoms in total. The predicted octanol–water partition coefficient (Wildman–Crippen LogP) is 4.22. The van der Waals surface area contributed by atoms with Crippen molar-refractivity contribution in [2.24, 2.45) is 0 Å². The van der Waals surface area contributed by atoms with E-state index < -0.39 is 0 Å². The molecular weight excluding hydrogens is 296 g/mol. The Morgan fingerprint density at radius 1 is 0.875 bits per heavy atom. The Kier molecular flexibility index (Phi) is 3.90. The third-order valence-electron chi connectivity index (χ3n) is 4.56. The van der Waals surface area contributed by atoms with Gasteiger partial charge in [0.15, 0.2) is 0 Å². The monoisotopic (exact) mass is 314 g/mol. The molecule has 1 fully saturated rings. The molecule has 0 atom stereocenters. The first-order valence-electron chi connectivity index (χ1n) is 8.21. The highest BCUT2D eigenvalue weighted by atomic mass is 16.5. The second-order valence-corrected chi connectivity index (χ2v) is 6.00. The van der Waals surface area contributed by atoms with Gasteiger partial charge in [0, 0.05) is 18.8 Å². The summed E-state index contributed by atoms with van der Waals surface area (Å²) in [7, 11) is 0. The Hall–Kier alpha value is -2.83. The molecule has 0 N–H and O–H groups in total. The summed E-state index contributed by atoms with van der Waals surface area (Å²) < 4.78 is 5.43. The van der Waals surface area contributed by atoms with Gasteiger partial charge in [-0.15, -0.1) is 0 Å². The zero-order valence-corrected chi connectivity index (χ0v) is 13.4. The summed E-state index contributed by atoms with van der Waals surface area (Å²) in [6.45, 7) is 3.47. The zero-order valence-electron chi connectivity index (χ0n) is 13.4. The van der Waals surface area contributed by atoms with Crippen LogP contribution in [-0.2, 0) is 4.74 Å². The van der Waals surface area contributed by atoms with Crippen LogP contribution in [-0.4, -0.2) is 26.3 Å². The average Bonchev–Trinajstić information content (AvgIpc) is 2.68. The van der Waals surface area contributed by atoms with Crippen molar-refractivity contribution in [1.29, 1.82) is 5.26 Å². The number of morpholine rings is 1. The second kappa shape index (κ2) is 6.35. The number of benzene rings is 3. The molecule has 0 radical (unpaired) electrons. The molecule has 118 valence electrons. The van der Waals surface area contributed by atoms with Crippen LogP contribution in [0.5, 0.6) is 0 Å². The van der Waals surface area contributed by atoms with Crippen molar-refractivity contribution in [2.45, 2.75) is 0 Å². The number of rotatable bonds is 2. The lowest BCUT2D eigenvalue weighted by atomic mass is 9.97. The first-order valence-corrected chi connectivity index (χ1v) is 8.21. The highest BCUT2D eigenvalue weighted by Gasteiger charge is 2.12. The van der Waals surface area contributed by atoms with Crippen LogP contribution in [0.3, 0.4) is 0 Å². The maximum Gasteiger partial charge on any atom is 0.0998 e. The summed E-state index contributed by atoms with van der Waals surface area (Å²) in [6, 6.07) is 23.0. The van der Waals surface area contributed by atoms with Gasteiger partial charge in [-0.05, 0) is 46.2 Å². The molecule has 1 aliphatic rings. The van der Waals surface area contributed by atoms with E-state index in [4.69, 9.17) is 4.74 Å². The van der Waals surface area contributed by atoms with Crippen molar-refractivity contribution in [3.63, 3.8) is 0 Å². The largest absolute Gasteiger partial charge is 0.378 e. The van der Waals surface area contributed by atoms with Crippen molar-refractivity contribution in [3.8, 4) is 17.2 Å². The van der Waals surface area contributed by atoms with Gasteiger partial charge in [-0.1, -0.05) is 36.4 Å². The Bertz CT molecular complexity index is 921. The zero-order chi connectivity index (χ0) is 16.4. The van der Waals surface area contributed by atoms with E-state index >= 15 is 0 Å². The maximum atomic E-state index is 9.31. The Morgan fingerprint density at radius 3 is 2.46 bits per heavy atom. The number of anilines is 1. The standard InChI is InChI=1S/C21H18N2O/c22-15-19-3-1-2-4-21(19)18-6-5-17-14-20(8-7-16(17)13-18)23-9-11-24-12-10-23/h1-8,13-14H,9-12H2. The van der Waals surface area contributed by atoms with Crippen LogP contribution in [0.4, 0.5) is 5.69 Å². The lowest BCUT2D eigenvalue weighted by Crippen LogP contribution is -2.36. The molecule has 0 amide bonds. The first kappa shape index (κ1) is 14.7. The third kappa shape index (κ3) is 2.73. The second-order valence-electron chi connectivity index (χ2n) is 6.00. The van der Waals surface area contributed by atoms with E-state index in [1.54, 1.807) is 0 Å². The van der Waals surface area contributed by atoms with Crippen LogP contribution in [0.1, 0.15) is 5.56 Å². The Balaban J connectivity index is 1.73. The number of hydrogen-bond donors (Lipinski definition) is 0.